The van der Waals surface area contributed by atoms with Crippen LogP contribution in [0.4, 0.5) is 0 Å². The SMILES string of the molecule is COc1cc(-c2cc(-c3nc4cc(Cl)c(Cl)cc4[nH]3)c(=O)[nH]n2)ccc1O. The number of aromatic hydroxyl groups is 1. The summed E-state index contributed by atoms with van der Waals surface area (Å²) in [5, 5.41) is 17.0. The number of aromatic nitrogens is 4. The van der Waals surface area contributed by atoms with Gasteiger partial charge in [-0.25, -0.2) is 10.1 Å². The second kappa shape index (κ2) is 6.61. The number of fused-ring (bicyclic) bond motifs is 1. The lowest BCUT2D eigenvalue weighted by Crippen LogP contribution is -2.12. The molecule has 0 saturated carbocycles. The van der Waals surface area contributed by atoms with Gasteiger partial charge in [0.05, 0.1) is 39.4 Å². The fourth-order valence-electron chi connectivity index (χ4n) is 2.70. The summed E-state index contributed by atoms with van der Waals surface area (Å²) in [4.78, 5) is 19.8. The number of aromatic amines is 2. The summed E-state index contributed by atoms with van der Waals surface area (Å²) >= 11 is 12.1. The van der Waals surface area contributed by atoms with Crippen molar-refractivity contribution in [2.24, 2.45) is 0 Å². The summed E-state index contributed by atoms with van der Waals surface area (Å²) in [5.74, 6) is 0.672. The first kappa shape index (κ1) is 17.4. The van der Waals surface area contributed by atoms with Crippen LogP contribution in [-0.2, 0) is 0 Å². The van der Waals surface area contributed by atoms with E-state index in [1.54, 1.807) is 30.3 Å². The third kappa shape index (κ3) is 3.11. The van der Waals surface area contributed by atoms with E-state index in [4.69, 9.17) is 27.9 Å². The summed E-state index contributed by atoms with van der Waals surface area (Å²) in [5.41, 5.74) is 2.28. The van der Waals surface area contributed by atoms with Crippen LogP contribution in [0.3, 0.4) is 0 Å². The molecule has 7 nitrogen and oxygen atoms in total. The number of H-pyrrole nitrogens is 2. The maximum absolute atomic E-state index is 12.3. The van der Waals surface area contributed by atoms with E-state index < -0.39 is 5.56 Å². The molecule has 2 aromatic carbocycles. The van der Waals surface area contributed by atoms with Gasteiger partial charge in [-0.3, -0.25) is 4.79 Å². The normalized spacial score (nSPS) is 11.1. The number of ether oxygens (including phenoxy) is 1. The van der Waals surface area contributed by atoms with E-state index in [9.17, 15) is 9.90 Å². The van der Waals surface area contributed by atoms with E-state index in [2.05, 4.69) is 20.2 Å². The number of benzene rings is 2. The van der Waals surface area contributed by atoms with Crippen molar-refractivity contribution in [1.29, 1.82) is 0 Å². The Balaban J connectivity index is 1.85. The van der Waals surface area contributed by atoms with Crippen LogP contribution in [-0.4, -0.2) is 32.4 Å². The molecule has 0 unspecified atom stereocenters. The van der Waals surface area contributed by atoms with Crippen molar-refractivity contribution in [3.8, 4) is 34.1 Å². The minimum atomic E-state index is -0.402. The Kier molecular flexibility index (Phi) is 4.25. The molecule has 0 aliphatic rings. The molecule has 2 aromatic heterocycles. The standard InChI is InChI=1S/C18H12Cl2N4O3/c1-27-16-4-8(2-3-15(16)25)12-5-9(18(26)24-23-12)17-21-13-6-10(19)11(20)7-14(13)22-17/h2-7,25H,1H3,(H,21,22)(H,24,26). The summed E-state index contributed by atoms with van der Waals surface area (Å²) in [6.45, 7) is 0. The Bertz CT molecular complexity index is 1190. The first-order valence-electron chi connectivity index (χ1n) is 7.78. The van der Waals surface area contributed by atoms with Gasteiger partial charge in [-0.1, -0.05) is 23.2 Å². The minimum absolute atomic E-state index is 0.0111. The molecule has 0 aliphatic carbocycles. The van der Waals surface area contributed by atoms with E-state index >= 15 is 0 Å². The molecule has 2 heterocycles. The third-order valence-corrected chi connectivity index (χ3v) is 4.78. The smallest absolute Gasteiger partial charge is 0.275 e. The van der Waals surface area contributed by atoms with Gasteiger partial charge in [0.1, 0.15) is 5.82 Å². The predicted molar refractivity (Wildman–Crippen MR) is 104 cm³/mol. The fraction of sp³-hybridized carbons (Fsp3) is 0.0556. The van der Waals surface area contributed by atoms with Crippen LogP contribution in [0.25, 0.3) is 33.7 Å². The molecule has 27 heavy (non-hydrogen) atoms. The molecule has 0 bridgehead atoms. The number of nitrogens with one attached hydrogen (secondary N) is 2. The van der Waals surface area contributed by atoms with Gasteiger partial charge >= 0.3 is 0 Å². The molecule has 136 valence electrons. The van der Waals surface area contributed by atoms with Crippen molar-refractivity contribution in [2.75, 3.05) is 7.11 Å². The van der Waals surface area contributed by atoms with E-state index in [1.807, 2.05) is 0 Å². The van der Waals surface area contributed by atoms with Gasteiger partial charge in [-0.05, 0) is 36.4 Å². The van der Waals surface area contributed by atoms with E-state index in [1.165, 1.54) is 13.2 Å². The van der Waals surface area contributed by atoms with Crippen molar-refractivity contribution < 1.29 is 9.84 Å². The monoisotopic (exact) mass is 402 g/mol. The molecule has 3 N–H and O–H groups in total. The van der Waals surface area contributed by atoms with E-state index in [0.717, 1.165) is 0 Å². The number of imidazole rings is 1. The Morgan fingerprint density at radius 2 is 1.89 bits per heavy atom. The molecule has 0 aliphatic heterocycles. The number of phenols is 1. The van der Waals surface area contributed by atoms with Gasteiger partial charge in [0.2, 0.25) is 0 Å². The molecule has 0 spiro atoms. The zero-order chi connectivity index (χ0) is 19.1. The first-order valence-corrected chi connectivity index (χ1v) is 8.54. The topological polar surface area (TPSA) is 104 Å². The number of rotatable bonds is 3. The highest BCUT2D eigenvalue weighted by Gasteiger charge is 2.14. The summed E-state index contributed by atoms with van der Waals surface area (Å²) in [7, 11) is 1.45. The van der Waals surface area contributed by atoms with Gasteiger partial charge in [0.25, 0.3) is 5.56 Å². The highest BCUT2D eigenvalue weighted by Crippen LogP contribution is 2.32. The molecule has 0 fully saturated rings. The van der Waals surface area contributed by atoms with Crippen molar-refractivity contribution in [1.82, 2.24) is 20.2 Å². The third-order valence-electron chi connectivity index (χ3n) is 4.06. The number of nitrogens with zero attached hydrogens (tertiary/aromatic N) is 2. The molecule has 4 aromatic rings. The quantitative estimate of drug-likeness (QED) is 0.480. The minimum Gasteiger partial charge on any atom is -0.504 e. The van der Waals surface area contributed by atoms with Gasteiger partial charge in [-0.15, -0.1) is 0 Å². The van der Waals surface area contributed by atoms with E-state index in [-0.39, 0.29) is 5.75 Å². The zero-order valence-corrected chi connectivity index (χ0v) is 15.4. The van der Waals surface area contributed by atoms with Gasteiger partial charge in [0.15, 0.2) is 11.5 Å². The van der Waals surface area contributed by atoms with E-state index in [0.29, 0.717) is 49.5 Å². The number of phenolic OH excluding ortho intramolecular Hbond substituents is 1. The molecule has 0 amide bonds. The Morgan fingerprint density at radius 1 is 1.11 bits per heavy atom. The number of methoxy groups -OCH3 is 1. The van der Waals surface area contributed by atoms with Crippen LogP contribution >= 0.6 is 23.2 Å². The Morgan fingerprint density at radius 3 is 2.67 bits per heavy atom. The fourth-order valence-corrected chi connectivity index (χ4v) is 3.02. The van der Waals surface area contributed by atoms with Gasteiger partial charge < -0.3 is 14.8 Å². The summed E-state index contributed by atoms with van der Waals surface area (Å²) in [6.07, 6.45) is 0. The number of hydrogen-bond donors (Lipinski definition) is 3. The largest absolute Gasteiger partial charge is 0.504 e. The Hall–Kier alpha value is -3.03. The van der Waals surface area contributed by atoms with Crippen LogP contribution < -0.4 is 10.3 Å². The molecule has 0 radical (unpaired) electrons. The Labute approximate surface area is 162 Å². The van der Waals surface area contributed by atoms with Gasteiger partial charge in [0, 0.05) is 5.56 Å². The van der Waals surface area contributed by atoms with Crippen LogP contribution in [0.15, 0.2) is 41.2 Å². The van der Waals surface area contributed by atoms with Crippen LogP contribution in [0, 0.1) is 0 Å². The lowest BCUT2D eigenvalue weighted by atomic mass is 10.1. The van der Waals surface area contributed by atoms with Crippen molar-refractivity contribution in [2.45, 2.75) is 0 Å². The van der Waals surface area contributed by atoms with Crippen molar-refractivity contribution >= 4 is 34.2 Å². The first-order chi connectivity index (χ1) is 13.0. The van der Waals surface area contributed by atoms with Crippen molar-refractivity contribution in [3.63, 3.8) is 0 Å². The highest BCUT2D eigenvalue weighted by molar-refractivity contribution is 6.42. The van der Waals surface area contributed by atoms with Gasteiger partial charge in [-0.2, -0.15) is 5.10 Å². The maximum atomic E-state index is 12.3. The molecule has 0 saturated heterocycles. The maximum Gasteiger partial charge on any atom is 0.275 e. The molecule has 4 rings (SSSR count). The average molecular weight is 403 g/mol. The molecular formula is C18H12Cl2N4O3. The average Bonchev–Trinajstić information content (AvgIpc) is 3.05. The van der Waals surface area contributed by atoms with Crippen LogP contribution in [0.2, 0.25) is 10.0 Å². The summed E-state index contributed by atoms with van der Waals surface area (Å²) < 4.78 is 5.11. The van der Waals surface area contributed by atoms with Crippen LogP contribution in [0.5, 0.6) is 11.5 Å². The second-order valence-corrected chi connectivity index (χ2v) is 6.57. The predicted octanol–water partition coefficient (Wildman–Crippen LogP) is 4.00. The number of hydrogen-bond acceptors (Lipinski definition) is 5. The van der Waals surface area contributed by atoms with Crippen LogP contribution in [0.1, 0.15) is 0 Å². The van der Waals surface area contributed by atoms with Crippen molar-refractivity contribution in [3.05, 3.63) is 56.8 Å². The lowest BCUT2D eigenvalue weighted by Gasteiger charge is -2.06. The molecule has 0 atom stereocenters. The lowest BCUT2D eigenvalue weighted by molar-refractivity contribution is 0.373. The number of halogens is 2. The highest BCUT2D eigenvalue weighted by atomic mass is 35.5. The summed E-state index contributed by atoms with van der Waals surface area (Å²) in [6, 6.07) is 9.66. The second-order valence-electron chi connectivity index (χ2n) is 5.75. The zero-order valence-electron chi connectivity index (χ0n) is 13.9. The molecule has 9 heteroatoms. The molecular weight excluding hydrogens is 391 g/mol.